The van der Waals surface area contributed by atoms with Crippen molar-refractivity contribution in [1.82, 2.24) is 0 Å². The van der Waals surface area contributed by atoms with Gasteiger partial charge in [-0.1, -0.05) is 23.7 Å². The molecule has 1 unspecified atom stereocenters. The summed E-state index contributed by atoms with van der Waals surface area (Å²) >= 11 is 6.05. The van der Waals surface area contributed by atoms with Gasteiger partial charge >= 0.3 is 0 Å². The molecule has 1 heterocycles. The Morgan fingerprint density at radius 3 is 2.52 bits per heavy atom. The van der Waals surface area contributed by atoms with Crippen molar-refractivity contribution in [3.8, 4) is 0 Å². The number of carbonyl (C=O) groups excluding carboxylic acids is 3. The maximum atomic E-state index is 12.6. The molecule has 0 saturated carbocycles. The van der Waals surface area contributed by atoms with Crippen LogP contribution in [0, 0.1) is 12.8 Å². The summed E-state index contributed by atoms with van der Waals surface area (Å²) in [6, 6.07) is 12.3. The van der Waals surface area contributed by atoms with Crippen LogP contribution in [0.1, 0.15) is 18.9 Å². The molecule has 3 rings (SSSR count). The molecule has 6 nitrogen and oxygen atoms in total. The highest BCUT2D eigenvalue weighted by atomic mass is 35.5. The molecule has 1 fully saturated rings. The molecule has 0 bridgehead atoms. The maximum absolute atomic E-state index is 12.6. The van der Waals surface area contributed by atoms with Gasteiger partial charge in [0.25, 0.3) is 0 Å². The van der Waals surface area contributed by atoms with E-state index in [1.165, 1.54) is 6.92 Å². The van der Waals surface area contributed by atoms with Crippen molar-refractivity contribution in [3.05, 3.63) is 53.1 Å². The minimum atomic E-state index is -0.458. The Bertz CT molecular complexity index is 913. The number of anilines is 3. The summed E-state index contributed by atoms with van der Waals surface area (Å²) in [5.41, 5.74) is 2.82. The van der Waals surface area contributed by atoms with Gasteiger partial charge in [-0.25, -0.2) is 0 Å². The van der Waals surface area contributed by atoms with Crippen LogP contribution >= 0.6 is 11.6 Å². The van der Waals surface area contributed by atoms with Crippen LogP contribution in [0.15, 0.2) is 42.5 Å². The zero-order valence-corrected chi connectivity index (χ0v) is 15.8. The van der Waals surface area contributed by atoms with Gasteiger partial charge in [0.05, 0.1) is 5.92 Å². The summed E-state index contributed by atoms with van der Waals surface area (Å²) < 4.78 is 0. The minimum Gasteiger partial charge on any atom is -0.326 e. The fourth-order valence-corrected chi connectivity index (χ4v) is 3.28. The number of nitrogens with zero attached hydrogens (tertiary/aromatic N) is 1. The van der Waals surface area contributed by atoms with E-state index in [9.17, 15) is 14.4 Å². The van der Waals surface area contributed by atoms with E-state index in [1.807, 2.05) is 13.0 Å². The van der Waals surface area contributed by atoms with Gasteiger partial charge in [-0.05, 0) is 42.8 Å². The van der Waals surface area contributed by atoms with Crippen LogP contribution in [-0.4, -0.2) is 24.3 Å². The average Bonchev–Trinajstić information content (AvgIpc) is 2.98. The predicted molar refractivity (Wildman–Crippen MR) is 106 cm³/mol. The largest absolute Gasteiger partial charge is 0.326 e. The van der Waals surface area contributed by atoms with Crippen molar-refractivity contribution < 1.29 is 14.4 Å². The van der Waals surface area contributed by atoms with Crippen LogP contribution in [0.4, 0.5) is 17.1 Å². The lowest BCUT2D eigenvalue weighted by molar-refractivity contribution is -0.122. The normalized spacial score (nSPS) is 16.3. The lowest BCUT2D eigenvalue weighted by atomic mass is 10.1. The monoisotopic (exact) mass is 385 g/mol. The molecular formula is C20H20ClN3O3. The number of rotatable bonds is 4. The highest BCUT2D eigenvalue weighted by molar-refractivity contribution is 6.31. The van der Waals surface area contributed by atoms with Gasteiger partial charge in [-0.2, -0.15) is 0 Å². The van der Waals surface area contributed by atoms with Crippen molar-refractivity contribution in [2.24, 2.45) is 5.92 Å². The number of carbonyl (C=O) groups is 3. The summed E-state index contributed by atoms with van der Waals surface area (Å²) in [6.07, 6.45) is 0.142. The first-order valence-corrected chi connectivity index (χ1v) is 8.96. The third-order valence-electron chi connectivity index (χ3n) is 4.41. The first-order valence-electron chi connectivity index (χ1n) is 8.58. The number of aryl methyl sites for hydroxylation is 1. The van der Waals surface area contributed by atoms with Crippen molar-refractivity contribution in [2.45, 2.75) is 20.3 Å². The number of benzene rings is 2. The Labute approximate surface area is 162 Å². The second-order valence-corrected chi connectivity index (χ2v) is 7.02. The SMILES string of the molecule is CC(=O)Nc1cccc(NC(=O)C2CC(=O)N(c3cc(Cl)ccc3C)C2)c1. The molecule has 140 valence electrons. The predicted octanol–water partition coefficient (Wildman–Crippen LogP) is 3.60. The Balaban J connectivity index is 1.71. The average molecular weight is 386 g/mol. The summed E-state index contributed by atoms with van der Waals surface area (Å²) in [7, 11) is 0. The third kappa shape index (κ3) is 4.46. The Kier molecular flexibility index (Phi) is 5.46. The molecule has 1 aliphatic rings. The van der Waals surface area contributed by atoms with E-state index < -0.39 is 5.92 Å². The van der Waals surface area contributed by atoms with Crippen LogP contribution in [0.25, 0.3) is 0 Å². The molecule has 1 atom stereocenters. The molecule has 27 heavy (non-hydrogen) atoms. The summed E-state index contributed by atoms with van der Waals surface area (Å²) in [5.74, 6) is -0.981. The van der Waals surface area contributed by atoms with E-state index in [0.717, 1.165) is 11.3 Å². The smallest absolute Gasteiger partial charge is 0.229 e. The molecule has 2 N–H and O–H groups in total. The van der Waals surface area contributed by atoms with Gasteiger partial charge in [0.15, 0.2) is 0 Å². The third-order valence-corrected chi connectivity index (χ3v) is 4.64. The van der Waals surface area contributed by atoms with E-state index in [-0.39, 0.29) is 24.1 Å². The van der Waals surface area contributed by atoms with Crippen LogP contribution in [0.2, 0.25) is 5.02 Å². The van der Waals surface area contributed by atoms with Crippen LogP contribution < -0.4 is 15.5 Å². The van der Waals surface area contributed by atoms with Gasteiger partial charge < -0.3 is 15.5 Å². The lowest BCUT2D eigenvalue weighted by Crippen LogP contribution is -2.28. The van der Waals surface area contributed by atoms with Crippen LogP contribution in [0.3, 0.4) is 0 Å². The van der Waals surface area contributed by atoms with Gasteiger partial charge in [-0.15, -0.1) is 0 Å². The van der Waals surface area contributed by atoms with E-state index in [4.69, 9.17) is 11.6 Å². The van der Waals surface area contributed by atoms with Crippen LogP contribution in [-0.2, 0) is 14.4 Å². The summed E-state index contributed by atoms with van der Waals surface area (Å²) in [6.45, 7) is 3.62. The van der Waals surface area contributed by atoms with Crippen molar-refractivity contribution in [2.75, 3.05) is 22.1 Å². The molecule has 7 heteroatoms. The fraction of sp³-hybridized carbons (Fsp3) is 0.250. The molecule has 3 amide bonds. The van der Waals surface area contributed by atoms with Crippen molar-refractivity contribution in [3.63, 3.8) is 0 Å². The molecule has 2 aromatic rings. The zero-order chi connectivity index (χ0) is 19.6. The first-order chi connectivity index (χ1) is 12.8. The molecule has 0 aliphatic carbocycles. The maximum Gasteiger partial charge on any atom is 0.229 e. The van der Waals surface area contributed by atoms with Gasteiger partial charge in [-0.3, -0.25) is 14.4 Å². The number of halogens is 1. The number of amides is 3. The number of hydrogen-bond donors (Lipinski definition) is 2. The Morgan fingerprint density at radius 1 is 1.11 bits per heavy atom. The molecule has 1 aliphatic heterocycles. The lowest BCUT2D eigenvalue weighted by Gasteiger charge is -2.19. The minimum absolute atomic E-state index is 0.104. The van der Waals surface area contributed by atoms with E-state index in [2.05, 4.69) is 10.6 Å². The Hall–Kier alpha value is -2.86. The molecule has 0 radical (unpaired) electrons. The zero-order valence-electron chi connectivity index (χ0n) is 15.1. The van der Waals surface area contributed by atoms with Gasteiger partial charge in [0.1, 0.15) is 0 Å². The molecule has 1 saturated heterocycles. The number of hydrogen-bond acceptors (Lipinski definition) is 3. The quantitative estimate of drug-likeness (QED) is 0.844. The van der Waals surface area contributed by atoms with E-state index >= 15 is 0 Å². The first kappa shape index (κ1) is 18.9. The molecule has 0 spiro atoms. The highest BCUT2D eigenvalue weighted by Gasteiger charge is 2.35. The van der Waals surface area contributed by atoms with Crippen molar-refractivity contribution >= 4 is 46.4 Å². The second-order valence-electron chi connectivity index (χ2n) is 6.59. The molecular weight excluding hydrogens is 366 g/mol. The van der Waals surface area contributed by atoms with Crippen molar-refractivity contribution in [1.29, 1.82) is 0 Å². The second kappa shape index (κ2) is 7.80. The van der Waals surface area contributed by atoms with Crippen LogP contribution in [0.5, 0.6) is 0 Å². The fourth-order valence-electron chi connectivity index (χ4n) is 3.11. The number of nitrogens with one attached hydrogen (secondary N) is 2. The van der Waals surface area contributed by atoms with E-state index in [0.29, 0.717) is 22.9 Å². The topological polar surface area (TPSA) is 78.5 Å². The highest BCUT2D eigenvalue weighted by Crippen LogP contribution is 2.30. The summed E-state index contributed by atoms with van der Waals surface area (Å²) in [5, 5.41) is 6.04. The molecule has 0 aromatic heterocycles. The Morgan fingerprint density at radius 2 is 1.81 bits per heavy atom. The van der Waals surface area contributed by atoms with Gasteiger partial charge in [0, 0.05) is 42.0 Å². The standard InChI is InChI=1S/C20H20ClN3O3/c1-12-6-7-15(21)9-18(12)24-11-14(8-19(24)26)20(27)23-17-5-3-4-16(10-17)22-13(2)25/h3-7,9-10,14H,8,11H2,1-2H3,(H,22,25)(H,23,27). The van der Waals surface area contributed by atoms with E-state index in [1.54, 1.807) is 41.3 Å². The van der Waals surface area contributed by atoms with Gasteiger partial charge in [0.2, 0.25) is 17.7 Å². The summed E-state index contributed by atoms with van der Waals surface area (Å²) in [4.78, 5) is 37.8. The molecule has 2 aromatic carbocycles.